The van der Waals surface area contributed by atoms with Crippen LogP contribution >= 0.6 is 15.9 Å². The molecule has 1 saturated carbocycles. The van der Waals surface area contributed by atoms with Crippen LogP contribution in [0.5, 0.6) is 0 Å². The molecule has 1 unspecified atom stereocenters. The maximum Gasteiger partial charge on any atom is 0.0521 e. The van der Waals surface area contributed by atoms with Gasteiger partial charge in [-0.15, -0.1) is 0 Å². The molecule has 0 bridgehead atoms. The Morgan fingerprint density at radius 1 is 1.38 bits per heavy atom. The molecule has 1 aliphatic rings. The molecule has 0 radical (unpaired) electrons. The van der Waals surface area contributed by atoms with E-state index in [1.807, 2.05) is 10.9 Å². The molecule has 1 aromatic carbocycles. The summed E-state index contributed by atoms with van der Waals surface area (Å²) in [5, 5.41) is 8.07. The van der Waals surface area contributed by atoms with Gasteiger partial charge in [0.15, 0.2) is 0 Å². The summed E-state index contributed by atoms with van der Waals surface area (Å²) in [6.45, 7) is 4.08. The van der Waals surface area contributed by atoms with Crippen molar-refractivity contribution < 1.29 is 0 Å². The number of hydrogen-bond donors (Lipinski definition) is 1. The molecule has 1 fully saturated rings. The second kappa shape index (κ2) is 6.75. The largest absolute Gasteiger partial charge is 0.313 e. The number of aromatic nitrogens is 2. The summed E-state index contributed by atoms with van der Waals surface area (Å²) in [7, 11) is 0. The molecule has 21 heavy (non-hydrogen) atoms. The smallest absolute Gasteiger partial charge is 0.0521 e. The minimum Gasteiger partial charge on any atom is -0.313 e. The average molecular weight is 348 g/mol. The van der Waals surface area contributed by atoms with Gasteiger partial charge >= 0.3 is 0 Å². The van der Waals surface area contributed by atoms with Crippen LogP contribution in [0.15, 0.2) is 41.1 Å². The van der Waals surface area contributed by atoms with Crippen molar-refractivity contribution in [2.24, 2.45) is 0 Å². The normalized spacial score (nSPS) is 16.1. The van der Waals surface area contributed by atoms with Crippen LogP contribution in [0.1, 0.15) is 36.8 Å². The van der Waals surface area contributed by atoms with Crippen molar-refractivity contribution in [3.05, 3.63) is 52.3 Å². The summed E-state index contributed by atoms with van der Waals surface area (Å²) in [5.74, 6) is 0.482. The van der Waals surface area contributed by atoms with Gasteiger partial charge in [0.1, 0.15) is 0 Å². The Labute approximate surface area is 134 Å². The quantitative estimate of drug-likeness (QED) is 0.826. The van der Waals surface area contributed by atoms with Crippen molar-refractivity contribution in [1.29, 1.82) is 0 Å². The van der Waals surface area contributed by atoms with E-state index in [1.54, 1.807) is 0 Å². The monoisotopic (exact) mass is 347 g/mol. The molecular weight excluding hydrogens is 326 g/mol. The fourth-order valence-electron chi connectivity index (χ4n) is 2.66. The van der Waals surface area contributed by atoms with Gasteiger partial charge < -0.3 is 5.32 Å². The van der Waals surface area contributed by atoms with E-state index in [2.05, 4.69) is 63.7 Å². The van der Waals surface area contributed by atoms with E-state index in [-0.39, 0.29) is 0 Å². The fourth-order valence-corrected chi connectivity index (χ4v) is 3.27. The van der Waals surface area contributed by atoms with Crippen LogP contribution in [0.3, 0.4) is 0 Å². The molecule has 3 nitrogen and oxygen atoms in total. The third-order valence-electron chi connectivity index (χ3n) is 4.07. The van der Waals surface area contributed by atoms with Gasteiger partial charge in [0.2, 0.25) is 0 Å². The highest BCUT2D eigenvalue weighted by Crippen LogP contribution is 2.29. The van der Waals surface area contributed by atoms with E-state index in [9.17, 15) is 0 Å². The first-order chi connectivity index (χ1) is 10.3. The zero-order valence-corrected chi connectivity index (χ0v) is 14.0. The molecule has 3 rings (SSSR count). The minimum absolute atomic E-state index is 0.482. The number of nitrogens with one attached hydrogen (secondary N) is 1. The number of nitrogens with zero attached hydrogens (tertiary/aromatic N) is 2. The molecule has 0 aliphatic heterocycles. The first kappa shape index (κ1) is 14.8. The van der Waals surface area contributed by atoms with Crippen molar-refractivity contribution in [1.82, 2.24) is 15.1 Å². The maximum atomic E-state index is 4.40. The predicted molar refractivity (Wildman–Crippen MR) is 89.5 cm³/mol. The molecule has 0 saturated heterocycles. The molecule has 1 heterocycles. The van der Waals surface area contributed by atoms with Crippen LogP contribution in [-0.4, -0.2) is 22.4 Å². The molecule has 0 spiro atoms. The summed E-state index contributed by atoms with van der Waals surface area (Å²) in [5.41, 5.74) is 2.70. The SMILES string of the molecule is CCn1cc(CC(CNC2CC2)c2ccccc2Br)cn1. The fraction of sp³-hybridized carbons (Fsp3) is 0.471. The van der Waals surface area contributed by atoms with Crippen LogP contribution in [-0.2, 0) is 13.0 Å². The third-order valence-corrected chi connectivity index (χ3v) is 4.79. The lowest BCUT2D eigenvalue weighted by molar-refractivity contribution is 0.575. The van der Waals surface area contributed by atoms with Crippen molar-refractivity contribution in [3.63, 3.8) is 0 Å². The summed E-state index contributed by atoms with van der Waals surface area (Å²) in [4.78, 5) is 0. The van der Waals surface area contributed by atoms with Gasteiger partial charge in [-0.2, -0.15) is 5.10 Å². The maximum absolute atomic E-state index is 4.40. The van der Waals surface area contributed by atoms with E-state index in [0.717, 1.165) is 25.6 Å². The Kier molecular flexibility index (Phi) is 4.76. The molecular formula is C17H22BrN3. The van der Waals surface area contributed by atoms with Crippen LogP contribution in [0.4, 0.5) is 0 Å². The van der Waals surface area contributed by atoms with E-state index in [0.29, 0.717) is 5.92 Å². The van der Waals surface area contributed by atoms with E-state index in [4.69, 9.17) is 0 Å². The van der Waals surface area contributed by atoms with Crippen LogP contribution in [0.2, 0.25) is 0 Å². The van der Waals surface area contributed by atoms with Crippen LogP contribution in [0.25, 0.3) is 0 Å². The van der Waals surface area contributed by atoms with Gasteiger partial charge in [-0.1, -0.05) is 34.1 Å². The zero-order chi connectivity index (χ0) is 14.7. The van der Waals surface area contributed by atoms with Crippen molar-refractivity contribution >= 4 is 15.9 Å². The molecule has 1 N–H and O–H groups in total. The van der Waals surface area contributed by atoms with E-state index in [1.165, 1.54) is 28.4 Å². The summed E-state index contributed by atoms with van der Waals surface area (Å²) < 4.78 is 3.20. The average Bonchev–Trinajstić information content (AvgIpc) is 3.22. The molecule has 1 atom stereocenters. The van der Waals surface area contributed by atoms with Crippen LogP contribution in [0, 0.1) is 0 Å². The number of aryl methyl sites for hydroxylation is 1. The zero-order valence-electron chi connectivity index (χ0n) is 12.4. The second-order valence-electron chi connectivity index (χ2n) is 5.81. The van der Waals surface area contributed by atoms with Crippen molar-refractivity contribution in [2.45, 2.75) is 44.7 Å². The lowest BCUT2D eigenvalue weighted by Gasteiger charge is -2.19. The highest BCUT2D eigenvalue weighted by molar-refractivity contribution is 9.10. The Morgan fingerprint density at radius 2 is 2.19 bits per heavy atom. The minimum atomic E-state index is 0.482. The lowest BCUT2D eigenvalue weighted by Crippen LogP contribution is -2.25. The number of benzene rings is 1. The van der Waals surface area contributed by atoms with Gasteiger partial charge in [0, 0.05) is 35.7 Å². The Bertz CT molecular complexity index is 589. The summed E-state index contributed by atoms with van der Waals surface area (Å²) >= 11 is 3.70. The molecule has 0 amide bonds. The van der Waals surface area contributed by atoms with Gasteiger partial charge in [-0.05, 0) is 43.4 Å². The van der Waals surface area contributed by atoms with Crippen LogP contribution < -0.4 is 5.32 Å². The second-order valence-corrected chi connectivity index (χ2v) is 6.66. The van der Waals surface area contributed by atoms with Crippen molar-refractivity contribution in [3.8, 4) is 0 Å². The van der Waals surface area contributed by atoms with Gasteiger partial charge in [0.25, 0.3) is 0 Å². The first-order valence-electron chi connectivity index (χ1n) is 7.75. The third kappa shape index (κ3) is 3.95. The van der Waals surface area contributed by atoms with Gasteiger partial charge in [-0.25, -0.2) is 0 Å². The molecule has 1 aliphatic carbocycles. The lowest BCUT2D eigenvalue weighted by atomic mass is 9.93. The summed E-state index contributed by atoms with van der Waals surface area (Å²) in [6.07, 6.45) is 7.86. The Morgan fingerprint density at radius 3 is 2.86 bits per heavy atom. The first-order valence-corrected chi connectivity index (χ1v) is 8.54. The standard InChI is InChI=1S/C17H22BrN3/c1-2-21-12-13(10-20-21)9-14(11-19-15-7-8-15)16-5-3-4-6-17(16)18/h3-6,10,12,14-15,19H,2,7-9,11H2,1H3. The van der Waals surface area contributed by atoms with E-state index >= 15 is 0 Å². The van der Waals surface area contributed by atoms with Crippen molar-refractivity contribution in [2.75, 3.05) is 6.54 Å². The Hall–Kier alpha value is -1.13. The number of halogens is 1. The summed E-state index contributed by atoms with van der Waals surface area (Å²) in [6, 6.07) is 9.31. The number of rotatable bonds is 7. The highest BCUT2D eigenvalue weighted by atomic mass is 79.9. The molecule has 112 valence electrons. The predicted octanol–water partition coefficient (Wildman–Crippen LogP) is 3.74. The topological polar surface area (TPSA) is 29.9 Å². The van der Waals surface area contributed by atoms with Gasteiger partial charge in [0.05, 0.1) is 6.20 Å². The molecule has 2 aromatic rings. The molecule has 1 aromatic heterocycles. The van der Waals surface area contributed by atoms with Gasteiger partial charge in [-0.3, -0.25) is 4.68 Å². The number of hydrogen-bond acceptors (Lipinski definition) is 2. The Balaban J connectivity index is 1.75. The molecule has 4 heteroatoms. The highest BCUT2D eigenvalue weighted by Gasteiger charge is 2.23. The van der Waals surface area contributed by atoms with E-state index < -0.39 is 0 Å².